The fraction of sp³-hybridized carbons (Fsp3) is 0.500. The van der Waals surface area contributed by atoms with Crippen LogP contribution in [0.2, 0.25) is 0 Å². The average Bonchev–Trinajstić information content (AvgIpc) is 2.03. The first-order valence-electron chi connectivity index (χ1n) is 3.12. The van der Waals surface area contributed by atoms with Gasteiger partial charge in [-0.05, 0) is 6.92 Å². The molecular weight excluding hydrogens is 207 g/mol. The van der Waals surface area contributed by atoms with E-state index in [9.17, 15) is 13.2 Å². The molecule has 0 aliphatic carbocycles. The van der Waals surface area contributed by atoms with Crippen molar-refractivity contribution in [3.05, 3.63) is 11.5 Å². The van der Waals surface area contributed by atoms with Crippen LogP contribution in [0.4, 0.5) is 0 Å². The van der Waals surface area contributed by atoms with Gasteiger partial charge in [0.15, 0.2) is 4.91 Å². The zero-order chi connectivity index (χ0) is 9.78. The van der Waals surface area contributed by atoms with Crippen molar-refractivity contribution in [2.24, 2.45) is 0 Å². The molecular formula is C6H11NaO5S. The first kappa shape index (κ1) is 15.6. The van der Waals surface area contributed by atoms with Crippen LogP contribution in [0.15, 0.2) is 11.5 Å². The van der Waals surface area contributed by atoms with Crippen LogP contribution in [0.1, 0.15) is 6.92 Å². The van der Waals surface area contributed by atoms with Gasteiger partial charge in [-0.2, -0.15) is 8.42 Å². The van der Waals surface area contributed by atoms with Crippen molar-refractivity contribution >= 4 is 45.6 Å². The van der Waals surface area contributed by atoms with Crippen LogP contribution >= 0.6 is 0 Å². The van der Waals surface area contributed by atoms with E-state index in [2.05, 4.69) is 15.5 Å². The van der Waals surface area contributed by atoms with Crippen molar-refractivity contribution in [1.82, 2.24) is 0 Å². The SMILES string of the molecule is C=C(C(=O)OCC)S(=O)(=O)OC.[NaH]. The zero-order valence-corrected chi connectivity index (χ0v) is 7.68. The van der Waals surface area contributed by atoms with E-state index in [4.69, 9.17) is 0 Å². The van der Waals surface area contributed by atoms with Crippen molar-refractivity contribution < 1.29 is 22.1 Å². The van der Waals surface area contributed by atoms with E-state index in [-0.39, 0.29) is 36.2 Å². The van der Waals surface area contributed by atoms with Crippen molar-refractivity contribution in [2.75, 3.05) is 13.7 Å². The summed E-state index contributed by atoms with van der Waals surface area (Å²) in [6, 6.07) is 0. The Hall–Kier alpha value is 0.120. The molecule has 0 aliphatic rings. The van der Waals surface area contributed by atoms with Crippen LogP contribution in [0.25, 0.3) is 0 Å². The van der Waals surface area contributed by atoms with E-state index in [0.717, 1.165) is 7.11 Å². The third kappa shape index (κ3) is 4.78. The number of carbonyl (C=O) groups excluding carboxylic acids is 1. The molecule has 0 N–H and O–H groups in total. The molecule has 0 heterocycles. The second kappa shape index (κ2) is 6.56. The third-order valence-electron chi connectivity index (χ3n) is 1.02. The Morgan fingerprint density at radius 1 is 1.46 bits per heavy atom. The second-order valence-corrected chi connectivity index (χ2v) is 3.50. The van der Waals surface area contributed by atoms with Crippen molar-refractivity contribution in [2.45, 2.75) is 6.92 Å². The number of ether oxygens (including phenoxy) is 1. The number of hydrogen-bond acceptors (Lipinski definition) is 5. The molecule has 0 aromatic rings. The van der Waals surface area contributed by atoms with E-state index in [1.165, 1.54) is 0 Å². The van der Waals surface area contributed by atoms with Gasteiger partial charge in [0.2, 0.25) is 0 Å². The van der Waals surface area contributed by atoms with Gasteiger partial charge < -0.3 is 4.74 Å². The quantitative estimate of drug-likeness (QED) is 0.272. The third-order valence-corrected chi connectivity index (χ3v) is 2.23. The number of esters is 1. The van der Waals surface area contributed by atoms with Crippen LogP contribution in [-0.2, 0) is 23.8 Å². The van der Waals surface area contributed by atoms with Crippen molar-refractivity contribution in [3.8, 4) is 0 Å². The van der Waals surface area contributed by atoms with Crippen LogP contribution in [0, 0.1) is 0 Å². The summed E-state index contributed by atoms with van der Waals surface area (Å²) in [7, 11) is -3.04. The molecule has 0 bridgehead atoms. The van der Waals surface area contributed by atoms with E-state index in [1.807, 2.05) is 0 Å². The second-order valence-electron chi connectivity index (χ2n) is 1.76. The summed E-state index contributed by atoms with van der Waals surface area (Å²) in [6.45, 7) is 4.68. The van der Waals surface area contributed by atoms with Gasteiger partial charge in [0.25, 0.3) is 0 Å². The van der Waals surface area contributed by atoms with Gasteiger partial charge in [-0.15, -0.1) is 0 Å². The summed E-state index contributed by atoms with van der Waals surface area (Å²) in [5.41, 5.74) is 0. The Morgan fingerprint density at radius 2 is 1.92 bits per heavy atom. The molecule has 7 heteroatoms. The molecule has 0 radical (unpaired) electrons. The standard InChI is InChI=1S/C6H10O5S.Na.H/c1-4-11-6(7)5(2)12(8,9)10-3;;/h2,4H2,1,3H3;;. The molecule has 0 rings (SSSR count). The fourth-order valence-corrected chi connectivity index (χ4v) is 0.878. The molecule has 0 aromatic heterocycles. The summed E-state index contributed by atoms with van der Waals surface area (Å²) in [5, 5.41) is 0. The monoisotopic (exact) mass is 218 g/mol. The molecule has 0 aliphatic heterocycles. The van der Waals surface area contributed by atoms with Crippen LogP contribution in [0.3, 0.4) is 0 Å². The molecule has 0 amide bonds. The topological polar surface area (TPSA) is 69.7 Å². The minimum absolute atomic E-state index is 0. The van der Waals surface area contributed by atoms with Gasteiger partial charge in [-0.1, -0.05) is 6.58 Å². The van der Waals surface area contributed by atoms with Crippen molar-refractivity contribution in [3.63, 3.8) is 0 Å². The minimum atomic E-state index is -3.99. The Bertz CT molecular complexity index is 281. The fourth-order valence-electron chi connectivity index (χ4n) is 0.414. The van der Waals surface area contributed by atoms with E-state index in [0.29, 0.717) is 0 Å². The predicted octanol–water partition coefficient (Wildman–Crippen LogP) is -0.609. The van der Waals surface area contributed by atoms with Gasteiger partial charge >= 0.3 is 45.6 Å². The van der Waals surface area contributed by atoms with Gasteiger partial charge in [-0.3, -0.25) is 4.18 Å². The molecule has 0 unspecified atom stereocenters. The maximum absolute atomic E-state index is 10.8. The normalized spacial score (nSPS) is 10.0. The Morgan fingerprint density at radius 3 is 2.23 bits per heavy atom. The molecule has 5 nitrogen and oxygen atoms in total. The van der Waals surface area contributed by atoms with Gasteiger partial charge in [-0.25, -0.2) is 4.79 Å². The molecule has 0 spiro atoms. The predicted molar refractivity (Wildman–Crippen MR) is 48.9 cm³/mol. The Kier molecular flexibility index (Phi) is 7.86. The average molecular weight is 218 g/mol. The first-order valence-corrected chi connectivity index (χ1v) is 4.53. The summed E-state index contributed by atoms with van der Waals surface area (Å²) < 4.78 is 30.0. The molecule has 0 atom stereocenters. The summed E-state index contributed by atoms with van der Waals surface area (Å²) in [4.78, 5) is 10.1. The molecule has 0 fully saturated rings. The molecule has 0 saturated carbocycles. The van der Waals surface area contributed by atoms with Crippen molar-refractivity contribution in [1.29, 1.82) is 0 Å². The van der Waals surface area contributed by atoms with E-state index >= 15 is 0 Å². The van der Waals surface area contributed by atoms with Gasteiger partial charge in [0.05, 0.1) is 13.7 Å². The molecule has 0 aromatic carbocycles. The maximum atomic E-state index is 10.8. The number of rotatable bonds is 4. The number of carbonyl (C=O) groups is 1. The summed E-state index contributed by atoms with van der Waals surface area (Å²) in [6.07, 6.45) is 0. The van der Waals surface area contributed by atoms with Crippen LogP contribution in [-0.4, -0.2) is 57.7 Å². The van der Waals surface area contributed by atoms with E-state index in [1.54, 1.807) is 6.92 Å². The Balaban J connectivity index is 0. The Labute approximate surface area is 99.5 Å². The summed E-state index contributed by atoms with van der Waals surface area (Å²) in [5.74, 6) is -0.987. The molecule has 72 valence electrons. The summed E-state index contributed by atoms with van der Waals surface area (Å²) >= 11 is 0. The van der Waals surface area contributed by atoms with E-state index < -0.39 is 21.0 Å². The zero-order valence-electron chi connectivity index (χ0n) is 6.86. The molecule has 13 heavy (non-hydrogen) atoms. The molecule has 0 saturated heterocycles. The first-order chi connectivity index (χ1) is 5.45. The number of hydrogen-bond donors (Lipinski definition) is 0. The van der Waals surface area contributed by atoms with Gasteiger partial charge in [0.1, 0.15) is 0 Å². The van der Waals surface area contributed by atoms with Crippen LogP contribution < -0.4 is 0 Å². The van der Waals surface area contributed by atoms with Crippen LogP contribution in [0.5, 0.6) is 0 Å². The van der Waals surface area contributed by atoms with Gasteiger partial charge in [0, 0.05) is 0 Å².